The first kappa shape index (κ1) is 16.6. The third kappa shape index (κ3) is 4.38. The lowest BCUT2D eigenvalue weighted by Gasteiger charge is -2.08. The third-order valence-electron chi connectivity index (χ3n) is 3.71. The lowest BCUT2D eigenvalue weighted by Crippen LogP contribution is -2.16. The molecule has 0 saturated heterocycles. The van der Waals surface area contributed by atoms with Crippen molar-refractivity contribution in [3.63, 3.8) is 0 Å². The molecule has 1 saturated carbocycles. The van der Waals surface area contributed by atoms with Gasteiger partial charge < -0.3 is 9.94 Å². The Morgan fingerprint density at radius 2 is 2.00 bits per heavy atom. The van der Waals surface area contributed by atoms with E-state index in [0.717, 1.165) is 16.4 Å². The van der Waals surface area contributed by atoms with E-state index in [2.05, 4.69) is 5.16 Å². The number of hydrogen-bond donors (Lipinski definition) is 1. The Labute approximate surface area is 145 Å². The summed E-state index contributed by atoms with van der Waals surface area (Å²) in [6.45, 7) is 2.15. The summed E-state index contributed by atoms with van der Waals surface area (Å²) in [6, 6.07) is 15.3. The molecule has 1 aliphatic carbocycles. The zero-order valence-electron chi connectivity index (χ0n) is 13.4. The van der Waals surface area contributed by atoms with Crippen molar-refractivity contribution in [1.82, 2.24) is 0 Å². The molecule has 0 radical (unpaired) electrons. The Kier molecular flexibility index (Phi) is 5.20. The van der Waals surface area contributed by atoms with Crippen LogP contribution in [0.2, 0.25) is 0 Å². The van der Waals surface area contributed by atoms with Crippen molar-refractivity contribution in [3.05, 3.63) is 65.2 Å². The minimum Gasteiger partial charge on any atom is -0.476 e. The summed E-state index contributed by atoms with van der Waals surface area (Å²) in [6.07, 6.45) is 2.53. The number of carbonyl (C=O) groups is 1. The van der Waals surface area contributed by atoms with Gasteiger partial charge in [0.05, 0.1) is 0 Å². The molecule has 124 valence electrons. The van der Waals surface area contributed by atoms with Gasteiger partial charge in [-0.25, -0.2) is 4.79 Å². The van der Waals surface area contributed by atoms with Crippen LogP contribution in [0, 0.1) is 6.92 Å². The summed E-state index contributed by atoms with van der Waals surface area (Å²) < 4.78 is 0. The molecular formula is C19H19NO3S. The second-order valence-electron chi connectivity index (χ2n) is 5.80. The zero-order chi connectivity index (χ0) is 16.9. The maximum atomic E-state index is 11.6. The van der Waals surface area contributed by atoms with Crippen LogP contribution in [0.1, 0.15) is 29.5 Å². The average Bonchev–Trinajstić information content (AvgIpc) is 3.37. The van der Waals surface area contributed by atoms with Gasteiger partial charge in [-0.05, 0) is 43.0 Å². The van der Waals surface area contributed by atoms with E-state index >= 15 is 0 Å². The Morgan fingerprint density at radius 1 is 1.25 bits per heavy atom. The number of aliphatic carboxylic acids is 1. The number of carboxylic acids is 1. The predicted molar refractivity (Wildman–Crippen MR) is 95.5 cm³/mol. The van der Waals surface area contributed by atoms with Crippen LogP contribution in [-0.4, -0.2) is 22.0 Å². The van der Waals surface area contributed by atoms with Gasteiger partial charge in [0.15, 0.2) is 5.71 Å². The molecule has 0 atom stereocenters. The van der Waals surface area contributed by atoms with Crippen molar-refractivity contribution in [2.45, 2.75) is 36.5 Å². The highest BCUT2D eigenvalue weighted by atomic mass is 32.2. The second-order valence-corrected chi connectivity index (χ2v) is 7.17. The van der Waals surface area contributed by atoms with E-state index in [-0.39, 0.29) is 12.3 Å². The van der Waals surface area contributed by atoms with E-state index < -0.39 is 5.97 Å². The number of benzene rings is 2. The fourth-order valence-electron chi connectivity index (χ4n) is 2.30. The molecule has 1 fully saturated rings. The van der Waals surface area contributed by atoms with Gasteiger partial charge in [0.2, 0.25) is 0 Å². The molecule has 0 bridgehead atoms. The molecular weight excluding hydrogens is 322 g/mol. The molecule has 0 spiro atoms. The number of hydrogen-bond acceptors (Lipinski definition) is 4. The van der Waals surface area contributed by atoms with Crippen molar-refractivity contribution in [1.29, 1.82) is 0 Å². The van der Waals surface area contributed by atoms with Crippen LogP contribution in [0.5, 0.6) is 0 Å². The molecule has 2 aromatic carbocycles. The SMILES string of the molecule is Cc1cc(SC2CC2)ccc1C(=NOCc1ccccc1)C(=O)O. The lowest BCUT2D eigenvalue weighted by molar-refractivity contribution is -0.129. The molecule has 0 amide bonds. The highest BCUT2D eigenvalue weighted by Gasteiger charge is 2.23. The number of carboxylic acid groups (broad SMARTS) is 1. The van der Waals surface area contributed by atoms with Crippen LogP contribution in [0.3, 0.4) is 0 Å². The topological polar surface area (TPSA) is 58.9 Å². The number of oxime groups is 1. The maximum Gasteiger partial charge on any atom is 0.358 e. The number of thioether (sulfide) groups is 1. The molecule has 5 heteroatoms. The maximum absolute atomic E-state index is 11.6. The summed E-state index contributed by atoms with van der Waals surface area (Å²) in [4.78, 5) is 18.0. The first-order chi connectivity index (χ1) is 11.6. The molecule has 2 aromatic rings. The smallest absolute Gasteiger partial charge is 0.358 e. The van der Waals surface area contributed by atoms with Crippen molar-refractivity contribution in [3.8, 4) is 0 Å². The fraction of sp³-hybridized carbons (Fsp3) is 0.263. The third-order valence-corrected chi connectivity index (χ3v) is 5.04. The van der Waals surface area contributed by atoms with Crippen LogP contribution in [0.25, 0.3) is 0 Å². The Hall–Kier alpha value is -2.27. The summed E-state index contributed by atoms with van der Waals surface area (Å²) in [5.41, 5.74) is 2.37. The number of nitrogens with zero attached hydrogens (tertiary/aromatic N) is 1. The molecule has 0 heterocycles. The van der Waals surface area contributed by atoms with Gasteiger partial charge in [0.1, 0.15) is 6.61 Å². The monoisotopic (exact) mass is 341 g/mol. The van der Waals surface area contributed by atoms with Gasteiger partial charge in [-0.2, -0.15) is 0 Å². The van der Waals surface area contributed by atoms with Crippen molar-refractivity contribution in [2.24, 2.45) is 5.16 Å². The van der Waals surface area contributed by atoms with E-state index in [1.165, 1.54) is 17.7 Å². The van der Waals surface area contributed by atoms with Gasteiger partial charge in [-0.3, -0.25) is 0 Å². The van der Waals surface area contributed by atoms with E-state index in [1.54, 1.807) is 0 Å². The van der Waals surface area contributed by atoms with Gasteiger partial charge in [-0.1, -0.05) is 41.6 Å². The summed E-state index contributed by atoms with van der Waals surface area (Å²) in [7, 11) is 0. The number of rotatable bonds is 7. The van der Waals surface area contributed by atoms with Crippen molar-refractivity contribution in [2.75, 3.05) is 0 Å². The first-order valence-electron chi connectivity index (χ1n) is 7.88. The molecule has 4 nitrogen and oxygen atoms in total. The molecule has 0 aliphatic heterocycles. The van der Waals surface area contributed by atoms with Crippen molar-refractivity contribution < 1.29 is 14.7 Å². The van der Waals surface area contributed by atoms with E-state index in [9.17, 15) is 9.90 Å². The first-order valence-corrected chi connectivity index (χ1v) is 8.76. The summed E-state index contributed by atoms with van der Waals surface area (Å²) in [5.74, 6) is -1.09. The van der Waals surface area contributed by atoms with E-state index in [1.807, 2.05) is 67.2 Å². The molecule has 0 aromatic heterocycles. The van der Waals surface area contributed by atoms with Gasteiger partial charge in [0, 0.05) is 15.7 Å². The Balaban J connectivity index is 1.74. The zero-order valence-corrected chi connectivity index (χ0v) is 14.3. The molecule has 1 aliphatic rings. The van der Waals surface area contributed by atoms with Crippen LogP contribution in [0.15, 0.2) is 58.6 Å². The fourth-order valence-corrected chi connectivity index (χ4v) is 3.45. The van der Waals surface area contributed by atoms with E-state index in [4.69, 9.17) is 4.84 Å². The minimum atomic E-state index is -1.09. The lowest BCUT2D eigenvalue weighted by atomic mass is 10.0. The Bertz CT molecular complexity index is 754. The van der Waals surface area contributed by atoms with Crippen LogP contribution < -0.4 is 0 Å². The van der Waals surface area contributed by atoms with Crippen LogP contribution >= 0.6 is 11.8 Å². The van der Waals surface area contributed by atoms with Gasteiger partial charge >= 0.3 is 5.97 Å². The molecule has 3 rings (SSSR count). The van der Waals surface area contributed by atoms with E-state index in [0.29, 0.717) is 5.56 Å². The highest BCUT2D eigenvalue weighted by Crippen LogP contribution is 2.39. The summed E-state index contributed by atoms with van der Waals surface area (Å²) >= 11 is 1.85. The van der Waals surface area contributed by atoms with Gasteiger partial charge in [0.25, 0.3) is 0 Å². The van der Waals surface area contributed by atoms with Crippen molar-refractivity contribution >= 4 is 23.4 Å². The minimum absolute atomic E-state index is 0.0635. The quantitative estimate of drug-likeness (QED) is 0.604. The highest BCUT2D eigenvalue weighted by molar-refractivity contribution is 8.00. The predicted octanol–water partition coefficient (Wildman–Crippen LogP) is 4.26. The molecule has 1 N–H and O–H groups in total. The Morgan fingerprint density at radius 3 is 2.62 bits per heavy atom. The molecule has 0 unspecified atom stereocenters. The van der Waals surface area contributed by atoms with Crippen LogP contribution in [-0.2, 0) is 16.2 Å². The summed E-state index contributed by atoms with van der Waals surface area (Å²) in [5, 5.41) is 14.0. The average molecular weight is 341 g/mol. The largest absolute Gasteiger partial charge is 0.476 e. The number of aryl methyl sites for hydroxylation is 1. The van der Waals surface area contributed by atoms with Gasteiger partial charge in [-0.15, -0.1) is 11.8 Å². The standard InChI is InChI=1S/C19H19NO3S/c1-13-11-16(24-15-7-8-15)9-10-17(13)18(19(21)22)20-23-12-14-5-3-2-4-6-14/h2-6,9-11,15H,7-8,12H2,1H3,(H,21,22). The molecule has 24 heavy (non-hydrogen) atoms. The normalized spacial score (nSPS) is 14.5. The van der Waals surface area contributed by atoms with Crippen LogP contribution in [0.4, 0.5) is 0 Å². The second kappa shape index (κ2) is 7.53.